The molecule has 21 heavy (non-hydrogen) atoms. The van der Waals surface area contributed by atoms with Gasteiger partial charge in [0.05, 0.1) is 0 Å². The SMILES string of the molecule is Nc1ccc2c(c1)CC1(C2)N=C(c2ccccn2)NC1=O. The van der Waals surface area contributed by atoms with E-state index in [0.717, 1.165) is 16.8 Å². The standard InChI is InChI=1S/C16H14N4O/c17-12-5-4-10-8-16(9-11(10)7-12)15(21)19-14(20-16)13-3-1-2-6-18-13/h1-7H,8-9,17H2,(H,19,20,21). The van der Waals surface area contributed by atoms with E-state index in [9.17, 15) is 4.79 Å². The molecule has 0 radical (unpaired) electrons. The number of nitrogens with one attached hydrogen (secondary N) is 1. The van der Waals surface area contributed by atoms with E-state index in [2.05, 4.69) is 15.3 Å². The Kier molecular flexibility index (Phi) is 2.39. The summed E-state index contributed by atoms with van der Waals surface area (Å²) in [6.45, 7) is 0. The molecule has 0 fully saturated rings. The molecule has 1 aromatic heterocycles. The minimum Gasteiger partial charge on any atom is -0.399 e. The number of fused-ring (bicyclic) bond motifs is 1. The second kappa shape index (κ2) is 4.15. The second-order valence-corrected chi connectivity index (χ2v) is 5.54. The first-order valence-corrected chi connectivity index (χ1v) is 6.86. The number of hydrogen-bond acceptors (Lipinski definition) is 4. The average Bonchev–Trinajstić information content (AvgIpc) is 3.00. The lowest BCUT2D eigenvalue weighted by Gasteiger charge is -2.14. The van der Waals surface area contributed by atoms with Crippen LogP contribution in [0, 0.1) is 0 Å². The molecular weight excluding hydrogens is 264 g/mol. The third kappa shape index (κ3) is 1.81. The van der Waals surface area contributed by atoms with Crippen LogP contribution in [0.4, 0.5) is 5.69 Å². The van der Waals surface area contributed by atoms with Crippen molar-refractivity contribution in [3.8, 4) is 0 Å². The third-order valence-electron chi connectivity index (χ3n) is 4.08. The molecule has 104 valence electrons. The molecule has 5 nitrogen and oxygen atoms in total. The van der Waals surface area contributed by atoms with Gasteiger partial charge >= 0.3 is 0 Å². The molecule has 1 atom stereocenters. The van der Waals surface area contributed by atoms with Gasteiger partial charge in [0, 0.05) is 24.7 Å². The van der Waals surface area contributed by atoms with Crippen molar-refractivity contribution in [1.82, 2.24) is 10.3 Å². The first kappa shape index (κ1) is 12.1. The van der Waals surface area contributed by atoms with E-state index in [4.69, 9.17) is 5.73 Å². The number of benzene rings is 1. The van der Waals surface area contributed by atoms with E-state index in [1.165, 1.54) is 0 Å². The summed E-state index contributed by atoms with van der Waals surface area (Å²) < 4.78 is 0. The predicted octanol–water partition coefficient (Wildman–Crippen LogP) is 1.08. The molecule has 1 aliphatic heterocycles. The fraction of sp³-hybridized carbons (Fsp3) is 0.188. The zero-order valence-electron chi connectivity index (χ0n) is 11.3. The molecule has 1 amide bonds. The molecule has 3 N–H and O–H groups in total. The van der Waals surface area contributed by atoms with Crippen LogP contribution >= 0.6 is 0 Å². The quantitative estimate of drug-likeness (QED) is 0.766. The Balaban J connectivity index is 1.74. The van der Waals surface area contributed by atoms with Gasteiger partial charge in [-0.05, 0) is 35.4 Å². The molecule has 0 saturated carbocycles. The van der Waals surface area contributed by atoms with Gasteiger partial charge < -0.3 is 11.1 Å². The lowest BCUT2D eigenvalue weighted by atomic mass is 9.97. The minimum absolute atomic E-state index is 0.0575. The number of aliphatic imine (C=N–C) groups is 1. The van der Waals surface area contributed by atoms with Crippen LogP contribution in [0.3, 0.4) is 0 Å². The fourth-order valence-corrected chi connectivity index (χ4v) is 3.06. The second-order valence-electron chi connectivity index (χ2n) is 5.54. The number of hydrogen-bond donors (Lipinski definition) is 2. The van der Waals surface area contributed by atoms with Gasteiger partial charge in [0.15, 0.2) is 5.84 Å². The van der Waals surface area contributed by atoms with Crippen molar-refractivity contribution in [3.05, 3.63) is 59.4 Å². The van der Waals surface area contributed by atoms with E-state index in [0.29, 0.717) is 24.4 Å². The van der Waals surface area contributed by atoms with Crippen molar-refractivity contribution in [2.24, 2.45) is 4.99 Å². The third-order valence-corrected chi connectivity index (χ3v) is 4.08. The number of amidine groups is 1. The summed E-state index contributed by atoms with van der Waals surface area (Å²) in [7, 11) is 0. The van der Waals surface area contributed by atoms with Gasteiger partial charge in [0.25, 0.3) is 5.91 Å². The van der Waals surface area contributed by atoms with Crippen LogP contribution in [-0.4, -0.2) is 22.3 Å². The summed E-state index contributed by atoms with van der Waals surface area (Å²) in [4.78, 5) is 21.4. The molecule has 1 aromatic carbocycles. The lowest BCUT2D eigenvalue weighted by Crippen LogP contribution is -2.40. The smallest absolute Gasteiger partial charge is 0.254 e. The van der Waals surface area contributed by atoms with Gasteiger partial charge in [-0.25, -0.2) is 4.99 Å². The Morgan fingerprint density at radius 3 is 2.81 bits per heavy atom. The largest absolute Gasteiger partial charge is 0.399 e. The van der Waals surface area contributed by atoms with Crippen molar-refractivity contribution in [2.45, 2.75) is 18.4 Å². The average molecular weight is 278 g/mol. The van der Waals surface area contributed by atoms with Gasteiger partial charge in [-0.3, -0.25) is 9.78 Å². The van der Waals surface area contributed by atoms with Gasteiger partial charge in [-0.15, -0.1) is 0 Å². The predicted molar refractivity (Wildman–Crippen MR) is 79.9 cm³/mol. The zero-order valence-corrected chi connectivity index (χ0v) is 11.3. The number of carbonyl (C=O) groups is 1. The molecule has 5 heteroatoms. The highest BCUT2D eigenvalue weighted by Gasteiger charge is 2.48. The Morgan fingerprint density at radius 2 is 2.00 bits per heavy atom. The highest BCUT2D eigenvalue weighted by atomic mass is 16.2. The summed E-state index contributed by atoms with van der Waals surface area (Å²) in [6.07, 6.45) is 2.90. The van der Waals surface area contributed by atoms with Gasteiger partial charge in [-0.1, -0.05) is 12.1 Å². The zero-order chi connectivity index (χ0) is 14.4. The first-order valence-electron chi connectivity index (χ1n) is 6.86. The van der Waals surface area contributed by atoms with Crippen LogP contribution in [0.25, 0.3) is 0 Å². The highest BCUT2D eigenvalue weighted by Crippen LogP contribution is 2.36. The molecular formula is C16H14N4O. The van der Waals surface area contributed by atoms with Crippen molar-refractivity contribution in [1.29, 1.82) is 0 Å². The Morgan fingerprint density at radius 1 is 1.14 bits per heavy atom. The van der Waals surface area contributed by atoms with Crippen LogP contribution < -0.4 is 11.1 Å². The molecule has 1 spiro atoms. The molecule has 2 heterocycles. The molecule has 4 rings (SSSR count). The summed E-state index contributed by atoms with van der Waals surface area (Å²) in [5, 5.41) is 2.87. The number of aromatic nitrogens is 1. The van der Waals surface area contributed by atoms with Crippen molar-refractivity contribution in [2.75, 3.05) is 5.73 Å². The summed E-state index contributed by atoms with van der Waals surface area (Å²) in [5.74, 6) is 0.499. The number of amides is 1. The maximum atomic E-state index is 12.5. The molecule has 0 bridgehead atoms. The number of nitrogen functional groups attached to an aromatic ring is 1. The van der Waals surface area contributed by atoms with E-state index in [1.807, 2.05) is 36.4 Å². The van der Waals surface area contributed by atoms with E-state index < -0.39 is 5.54 Å². The number of nitrogens with zero attached hydrogens (tertiary/aromatic N) is 2. The van der Waals surface area contributed by atoms with Gasteiger partial charge in [0.2, 0.25) is 0 Å². The molecule has 1 aliphatic carbocycles. The summed E-state index contributed by atoms with van der Waals surface area (Å²) in [5.41, 5.74) is 8.76. The normalized spacial score (nSPS) is 23.0. The van der Waals surface area contributed by atoms with Crippen molar-refractivity contribution < 1.29 is 4.79 Å². The number of pyridine rings is 1. The Bertz CT molecular complexity index is 769. The summed E-state index contributed by atoms with van der Waals surface area (Å²) in [6, 6.07) is 11.4. The Hall–Kier alpha value is -2.69. The molecule has 2 aromatic rings. The highest BCUT2D eigenvalue weighted by molar-refractivity contribution is 6.15. The van der Waals surface area contributed by atoms with Gasteiger partial charge in [-0.2, -0.15) is 0 Å². The number of carbonyl (C=O) groups excluding carboxylic acids is 1. The molecule has 1 unspecified atom stereocenters. The Labute approximate surface area is 121 Å². The lowest BCUT2D eigenvalue weighted by molar-refractivity contribution is -0.123. The number of anilines is 1. The van der Waals surface area contributed by atoms with E-state index in [1.54, 1.807) is 6.20 Å². The van der Waals surface area contributed by atoms with Crippen LogP contribution in [0.5, 0.6) is 0 Å². The maximum Gasteiger partial charge on any atom is 0.254 e. The van der Waals surface area contributed by atoms with Gasteiger partial charge in [0.1, 0.15) is 11.2 Å². The fourth-order valence-electron chi connectivity index (χ4n) is 3.06. The first-order chi connectivity index (χ1) is 10.2. The minimum atomic E-state index is -0.733. The molecule has 0 saturated heterocycles. The van der Waals surface area contributed by atoms with Crippen LogP contribution in [0.15, 0.2) is 47.6 Å². The van der Waals surface area contributed by atoms with Crippen LogP contribution in [-0.2, 0) is 17.6 Å². The monoisotopic (exact) mass is 278 g/mol. The van der Waals surface area contributed by atoms with Crippen LogP contribution in [0.1, 0.15) is 16.8 Å². The van der Waals surface area contributed by atoms with E-state index >= 15 is 0 Å². The maximum absolute atomic E-state index is 12.5. The summed E-state index contributed by atoms with van der Waals surface area (Å²) >= 11 is 0. The molecule has 2 aliphatic rings. The topological polar surface area (TPSA) is 80.4 Å². The number of rotatable bonds is 1. The van der Waals surface area contributed by atoms with E-state index in [-0.39, 0.29) is 5.91 Å². The number of nitrogens with two attached hydrogens (primary N) is 1. The van der Waals surface area contributed by atoms with Crippen LogP contribution in [0.2, 0.25) is 0 Å². The van der Waals surface area contributed by atoms with Crippen molar-refractivity contribution in [3.63, 3.8) is 0 Å². The van der Waals surface area contributed by atoms with Crippen molar-refractivity contribution >= 4 is 17.4 Å².